The van der Waals surface area contributed by atoms with Crippen LogP contribution in [0.15, 0.2) is 24.3 Å². The number of amides is 2. The molecule has 1 aromatic heterocycles. The molecule has 0 spiro atoms. The van der Waals surface area contributed by atoms with Crippen molar-refractivity contribution in [2.24, 2.45) is 0 Å². The van der Waals surface area contributed by atoms with Crippen LogP contribution in [0.2, 0.25) is 5.02 Å². The van der Waals surface area contributed by atoms with Crippen molar-refractivity contribution in [3.63, 3.8) is 0 Å². The molecule has 7 heteroatoms. The van der Waals surface area contributed by atoms with Crippen LogP contribution in [0.25, 0.3) is 0 Å². The molecule has 0 fully saturated rings. The first-order valence-corrected chi connectivity index (χ1v) is 11.6. The number of fused-ring (bicyclic) bond motifs is 1. The second-order valence-corrected chi connectivity index (χ2v) is 8.96. The maximum atomic E-state index is 12.6. The molecule has 1 heterocycles. The van der Waals surface area contributed by atoms with Gasteiger partial charge in [-0.25, -0.2) is 4.98 Å². The number of carbonyl (C=O) groups excluding carboxylic acids is 2. The first-order chi connectivity index (χ1) is 14.1. The summed E-state index contributed by atoms with van der Waals surface area (Å²) in [6.07, 6.45) is 8.86. The van der Waals surface area contributed by atoms with Crippen LogP contribution in [-0.2, 0) is 11.2 Å². The molecule has 1 aliphatic carbocycles. The summed E-state index contributed by atoms with van der Waals surface area (Å²) in [4.78, 5) is 30.6. The Morgan fingerprint density at radius 1 is 1.14 bits per heavy atom. The molecule has 1 aliphatic rings. The third-order valence-electron chi connectivity index (χ3n) is 5.19. The normalized spacial score (nSPS) is 15.2. The highest BCUT2D eigenvalue weighted by atomic mass is 35.5. The molecule has 0 radical (unpaired) electrons. The third kappa shape index (κ3) is 6.03. The zero-order chi connectivity index (χ0) is 20.6. The summed E-state index contributed by atoms with van der Waals surface area (Å²) in [6.45, 7) is 2.93. The summed E-state index contributed by atoms with van der Waals surface area (Å²) in [7, 11) is 0. The number of anilines is 1. The Labute approximate surface area is 181 Å². The minimum Gasteiger partial charge on any atom is -0.356 e. The molecule has 2 aromatic rings. The molecule has 2 N–H and O–H groups in total. The van der Waals surface area contributed by atoms with E-state index in [9.17, 15) is 9.59 Å². The van der Waals surface area contributed by atoms with Crippen molar-refractivity contribution < 1.29 is 9.59 Å². The van der Waals surface area contributed by atoms with Gasteiger partial charge in [-0.15, -0.1) is 11.3 Å². The molecule has 5 nitrogen and oxygen atoms in total. The molecular weight excluding hydrogens is 406 g/mol. The molecule has 1 atom stereocenters. The van der Waals surface area contributed by atoms with Gasteiger partial charge in [-0.2, -0.15) is 0 Å². The quantitative estimate of drug-likeness (QED) is 0.482. The number of nitrogens with zero attached hydrogens (tertiary/aromatic N) is 1. The average molecular weight is 434 g/mol. The number of hydrogen-bond donors (Lipinski definition) is 2. The largest absolute Gasteiger partial charge is 0.356 e. The van der Waals surface area contributed by atoms with Crippen molar-refractivity contribution in [2.75, 3.05) is 11.9 Å². The van der Waals surface area contributed by atoms with Gasteiger partial charge in [0.25, 0.3) is 5.91 Å². The Morgan fingerprint density at radius 3 is 2.62 bits per heavy atom. The van der Waals surface area contributed by atoms with Crippen LogP contribution >= 0.6 is 22.9 Å². The van der Waals surface area contributed by atoms with Gasteiger partial charge in [0.2, 0.25) is 5.91 Å². The lowest BCUT2D eigenvalue weighted by atomic mass is 10.1. The van der Waals surface area contributed by atoms with Gasteiger partial charge in [-0.1, -0.05) is 50.6 Å². The van der Waals surface area contributed by atoms with Gasteiger partial charge in [0.05, 0.1) is 11.6 Å². The van der Waals surface area contributed by atoms with E-state index in [1.807, 2.05) is 0 Å². The van der Waals surface area contributed by atoms with Crippen LogP contribution in [0.5, 0.6) is 0 Å². The molecule has 2 amide bonds. The molecule has 3 rings (SSSR count). The zero-order valence-electron chi connectivity index (χ0n) is 16.8. The van der Waals surface area contributed by atoms with Crippen molar-refractivity contribution >= 4 is 39.9 Å². The monoisotopic (exact) mass is 433 g/mol. The topological polar surface area (TPSA) is 71.1 Å². The number of benzene rings is 1. The van der Waals surface area contributed by atoms with Crippen molar-refractivity contribution in [3.05, 3.63) is 45.4 Å². The van der Waals surface area contributed by atoms with E-state index in [-0.39, 0.29) is 17.7 Å². The van der Waals surface area contributed by atoms with E-state index >= 15 is 0 Å². The number of carbonyl (C=O) groups is 2. The van der Waals surface area contributed by atoms with Gasteiger partial charge >= 0.3 is 0 Å². The number of aryl methyl sites for hydroxylation is 1. The third-order valence-corrected chi connectivity index (χ3v) is 6.49. The standard InChI is InChI=1S/C22H28ClN3O2S/c1-2-3-4-5-6-7-14-24-21(28)17-12-13-18-19(17)25-22(29-18)26-20(27)15-8-10-16(23)11-9-15/h8-11,17H,2-7,12-14H2,1H3,(H,24,28)(H,25,26,27). The first kappa shape index (κ1) is 21.8. The lowest BCUT2D eigenvalue weighted by Crippen LogP contribution is -2.29. The lowest BCUT2D eigenvalue weighted by molar-refractivity contribution is -0.122. The fourth-order valence-corrected chi connectivity index (χ4v) is 4.71. The minimum atomic E-state index is -0.224. The highest BCUT2D eigenvalue weighted by molar-refractivity contribution is 7.16. The smallest absolute Gasteiger partial charge is 0.257 e. The summed E-state index contributed by atoms with van der Waals surface area (Å²) in [5.74, 6) is -0.376. The highest BCUT2D eigenvalue weighted by Gasteiger charge is 2.32. The number of aromatic nitrogens is 1. The van der Waals surface area contributed by atoms with Crippen molar-refractivity contribution in [1.29, 1.82) is 0 Å². The van der Waals surface area contributed by atoms with E-state index in [2.05, 4.69) is 22.5 Å². The maximum absolute atomic E-state index is 12.6. The Hall–Kier alpha value is -1.92. The number of hydrogen-bond acceptors (Lipinski definition) is 4. The Balaban J connectivity index is 1.49. The molecule has 0 saturated carbocycles. The molecule has 1 aromatic carbocycles. The fraction of sp³-hybridized carbons (Fsp3) is 0.500. The van der Waals surface area contributed by atoms with E-state index in [0.29, 0.717) is 15.7 Å². The van der Waals surface area contributed by atoms with Crippen LogP contribution in [-0.4, -0.2) is 23.3 Å². The predicted octanol–water partition coefficient (Wildman–Crippen LogP) is 5.56. The van der Waals surface area contributed by atoms with E-state index in [1.54, 1.807) is 24.3 Å². The van der Waals surface area contributed by atoms with Crippen LogP contribution in [0.3, 0.4) is 0 Å². The molecule has 156 valence electrons. The molecule has 0 bridgehead atoms. The summed E-state index contributed by atoms with van der Waals surface area (Å²) >= 11 is 7.33. The van der Waals surface area contributed by atoms with Crippen LogP contribution < -0.4 is 10.6 Å². The van der Waals surface area contributed by atoms with E-state index in [0.717, 1.165) is 42.8 Å². The van der Waals surface area contributed by atoms with Crippen molar-refractivity contribution in [2.45, 2.75) is 64.2 Å². The zero-order valence-corrected chi connectivity index (χ0v) is 18.4. The number of nitrogens with one attached hydrogen (secondary N) is 2. The van der Waals surface area contributed by atoms with Gasteiger partial charge in [-0.3, -0.25) is 14.9 Å². The second kappa shape index (κ2) is 10.7. The average Bonchev–Trinajstić information content (AvgIpc) is 3.27. The molecule has 29 heavy (non-hydrogen) atoms. The first-order valence-electron chi connectivity index (χ1n) is 10.4. The molecular formula is C22H28ClN3O2S. The highest BCUT2D eigenvalue weighted by Crippen LogP contribution is 2.38. The van der Waals surface area contributed by atoms with E-state index in [1.165, 1.54) is 37.0 Å². The van der Waals surface area contributed by atoms with Gasteiger partial charge in [-0.05, 0) is 43.5 Å². The SMILES string of the molecule is CCCCCCCCNC(=O)C1CCc2sc(NC(=O)c3ccc(Cl)cc3)nc21. The second-order valence-electron chi connectivity index (χ2n) is 7.44. The van der Waals surface area contributed by atoms with Crippen LogP contribution in [0.4, 0.5) is 5.13 Å². The lowest BCUT2D eigenvalue weighted by Gasteiger charge is -2.10. The summed E-state index contributed by atoms with van der Waals surface area (Å²) < 4.78 is 0. The van der Waals surface area contributed by atoms with Crippen molar-refractivity contribution in [3.8, 4) is 0 Å². The maximum Gasteiger partial charge on any atom is 0.257 e. The molecule has 0 aliphatic heterocycles. The van der Waals surface area contributed by atoms with Gasteiger partial charge in [0.15, 0.2) is 5.13 Å². The predicted molar refractivity (Wildman–Crippen MR) is 119 cm³/mol. The fourth-order valence-electron chi connectivity index (χ4n) is 3.55. The summed E-state index contributed by atoms with van der Waals surface area (Å²) in [5.41, 5.74) is 1.35. The summed E-state index contributed by atoms with van der Waals surface area (Å²) in [5, 5.41) is 7.03. The van der Waals surface area contributed by atoms with Gasteiger partial charge in [0.1, 0.15) is 0 Å². The number of halogens is 1. The molecule has 1 unspecified atom stereocenters. The number of thiazole rings is 1. The van der Waals surface area contributed by atoms with Crippen LogP contribution in [0, 0.1) is 0 Å². The minimum absolute atomic E-state index is 0.0539. The number of rotatable bonds is 10. The van der Waals surface area contributed by atoms with E-state index < -0.39 is 0 Å². The van der Waals surface area contributed by atoms with Gasteiger partial charge < -0.3 is 5.32 Å². The van der Waals surface area contributed by atoms with Gasteiger partial charge in [0, 0.05) is 22.0 Å². The Kier molecular flexibility index (Phi) is 8.07. The Morgan fingerprint density at radius 2 is 1.86 bits per heavy atom. The number of unbranched alkanes of at least 4 members (excludes halogenated alkanes) is 5. The van der Waals surface area contributed by atoms with Crippen LogP contribution in [0.1, 0.15) is 78.7 Å². The Bertz CT molecular complexity index is 835. The summed E-state index contributed by atoms with van der Waals surface area (Å²) in [6, 6.07) is 6.72. The van der Waals surface area contributed by atoms with E-state index in [4.69, 9.17) is 11.6 Å². The molecule has 0 saturated heterocycles. The van der Waals surface area contributed by atoms with Crippen molar-refractivity contribution in [1.82, 2.24) is 10.3 Å².